The molecule has 6 nitrogen and oxygen atoms in total. The summed E-state index contributed by atoms with van der Waals surface area (Å²) in [6.07, 6.45) is 4.22. The van der Waals surface area contributed by atoms with Crippen LogP contribution in [0.3, 0.4) is 0 Å². The maximum absolute atomic E-state index is 12.3. The number of morpholine rings is 1. The quantitative estimate of drug-likeness (QED) is 0.825. The molecule has 2 aliphatic rings. The lowest BCUT2D eigenvalue weighted by Gasteiger charge is -2.38. The van der Waals surface area contributed by atoms with Crippen molar-refractivity contribution in [2.75, 3.05) is 26.3 Å². The van der Waals surface area contributed by atoms with Crippen molar-refractivity contribution in [1.29, 1.82) is 0 Å². The minimum atomic E-state index is -0.469. The Labute approximate surface area is 133 Å². The van der Waals surface area contributed by atoms with Gasteiger partial charge in [0.2, 0.25) is 0 Å². The number of nitrogens with one attached hydrogen (secondary N) is 1. The highest BCUT2D eigenvalue weighted by Crippen LogP contribution is 2.18. The summed E-state index contributed by atoms with van der Waals surface area (Å²) in [5.41, 5.74) is 5.56. The number of ether oxygens (including phenoxy) is 2. The van der Waals surface area contributed by atoms with Gasteiger partial charge in [0.25, 0.3) is 0 Å². The van der Waals surface area contributed by atoms with E-state index in [1.807, 2.05) is 20.8 Å². The Morgan fingerprint density at radius 2 is 2.18 bits per heavy atom. The normalized spacial score (nSPS) is 30.2. The van der Waals surface area contributed by atoms with Gasteiger partial charge < -0.3 is 20.5 Å². The van der Waals surface area contributed by atoms with Crippen LogP contribution in [-0.2, 0) is 9.47 Å². The Kier molecular flexibility index (Phi) is 6.06. The third-order valence-corrected chi connectivity index (χ3v) is 4.21. The molecular formula is C16H31N3O3. The summed E-state index contributed by atoms with van der Waals surface area (Å²) >= 11 is 0. The number of hydrogen-bond donors (Lipinski definition) is 2. The molecule has 1 aliphatic heterocycles. The van der Waals surface area contributed by atoms with E-state index in [1.54, 1.807) is 4.90 Å². The Morgan fingerprint density at radius 1 is 1.41 bits per heavy atom. The maximum Gasteiger partial charge on any atom is 0.410 e. The molecule has 1 heterocycles. The van der Waals surface area contributed by atoms with Crippen LogP contribution in [0.1, 0.15) is 46.5 Å². The first-order chi connectivity index (χ1) is 10.3. The van der Waals surface area contributed by atoms with Crippen molar-refractivity contribution in [1.82, 2.24) is 10.2 Å². The Hall–Kier alpha value is -0.850. The molecule has 2 fully saturated rings. The van der Waals surface area contributed by atoms with Gasteiger partial charge in [0.05, 0.1) is 19.3 Å². The van der Waals surface area contributed by atoms with Crippen LogP contribution in [0.2, 0.25) is 0 Å². The first-order valence-corrected chi connectivity index (χ1v) is 8.41. The molecular weight excluding hydrogens is 282 g/mol. The average molecular weight is 313 g/mol. The zero-order valence-electron chi connectivity index (χ0n) is 14.1. The molecule has 0 aromatic carbocycles. The van der Waals surface area contributed by atoms with Gasteiger partial charge in [0, 0.05) is 25.2 Å². The number of nitrogens with zero attached hydrogens (tertiary/aromatic N) is 1. The molecule has 3 atom stereocenters. The molecule has 0 aromatic heterocycles. The lowest BCUT2D eigenvalue weighted by Crippen LogP contribution is -2.55. The van der Waals surface area contributed by atoms with Crippen LogP contribution < -0.4 is 11.1 Å². The maximum atomic E-state index is 12.3. The number of amides is 1. The largest absolute Gasteiger partial charge is 0.444 e. The first kappa shape index (κ1) is 17.5. The van der Waals surface area contributed by atoms with E-state index in [4.69, 9.17) is 15.2 Å². The molecule has 0 aromatic rings. The van der Waals surface area contributed by atoms with Crippen molar-refractivity contribution in [3.05, 3.63) is 0 Å². The van der Waals surface area contributed by atoms with E-state index in [0.717, 1.165) is 25.8 Å². The summed E-state index contributed by atoms with van der Waals surface area (Å²) in [6, 6.07) is 0.781. The van der Waals surface area contributed by atoms with Crippen LogP contribution in [0, 0.1) is 0 Å². The van der Waals surface area contributed by atoms with E-state index in [9.17, 15) is 4.79 Å². The molecule has 0 spiro atoms. The lowest BCUT2D eigenvalue weighted by atomic mass is 9.91. The van der Waals surface area contributed by atoms with Gasteiger partial charge in [-0.15, -0.1) is 0 Å². The number of rotatable bonds is 3. The Morgan fingerprint density at radius 3 is 2.86 bits per heavy atom. The zero-order chi connectivity index (χ0) is 16.2. The van der Waals surface area contributed by atoms with Gasteiger partial charge in [-0.1, -0.05) is 6.42 Å². The van der Waals surface area contributed by atoms with Crippen molar-refractivity contribution >= 4 is 6.09 Å². The van der Waals surface area contributed by atoms with Gasteiger partial charge >= 0.3 is 6.09 Å². The smallest absolute Gasteiger partial charge is 0.410 e. The second-order valence-electron chi connectivity index (χ2n) is 7.43. The van der Waals surface area contributed by atoms with Gasteiger partial charge in [-0.2, -0.15) is 0 Å². The SMILES string of the molecule is CC(C)(C)OC(=O)N1CCOCC1CNC1CCCC(N)C1. The number of carbonyl (C=O) groups is 1. The van der Waals surface area contributed by atoms with Crippen LogP contribution in [0.5, 0.6) is 0 Å². The second kappa shape index (κ2) is 7.62. The Balaban J connectivity index is 1.85. The minimum Gasteiger partial charge on any atom is -0.444 e. The van der Waals surface area contributed by atoms with Gasteiger partial charge in [0.1, 0.15) is 5.60 Å². The molecule has 1 saturated heterocycles. The minimum absolute atomic E-state index is 0.0294. The second-order valence-corrected chi connectivity index (χ2v) is 7.43. The van der Waals surface area contributed by atoms with Crippen molar-refractivity contribution in [2.45, 2.75) is 70.2 Å². The molecule has 1 saturated carbocycles. The summed E-state index contributed by atoms with van der Waals surface area (Å²) < 4.78 is 11.0. The fraction of sp³-hybridized carbons (Fsp3) is 0.938. The molecule has 0 bridgehead atoms. The van der Waals surface area contributed by atoms with Gasteiger partial charge in [-0.25, -0.2) is 4.79 Å². The molecule has 3 unspecified atom stereocenters. The van der Waals surface area contributed by atoms with Gasteiger partial charge in [-0.05, 0) is 40.0 Å². The summed E-state index contributed by atoms with van der Waals surface area (Å²) in [7, 11) is 0. The van der Waals surface area contributed by atoms with E-state index in [1.165, 1.54) is 6.42 Å². The van der Waals surface area contributed by atoms with Crippen molar-refractivity contribution in [3.8, 4) is 0 Å². The topological polar surface area (TPSA) is 76.8 Å². The van der Waals surface area contributed by atoms with Crippen LogP contribution in [-0.4, -0.2) is 61.0 Å². The Bertz CT molecular complexity index is 370. The van der Waals surface area contributed by atoms with Crippen molar-refractivity contribution in [2.24, 2.45) is 5.73 Å². The third-order valence-electron chi connectivity index (χ3n) is 4.21. The average Bonchev–Trinajstić information content (AvgIpc) is 2.44. The van der Waals surface area contributed by atoms with Crippen LogP contribution in [0.15, 0.2) is 0 Å². The molecule has 1 aliphatic carbocycles. The highest BCUT2D eigenvalue weighted by molar-refractivity contribution is 5.68. The predicted octanol–water partition coefficient (Wildman–Crippen LogP) is 1.48. The van der Waals surface area contributed by atoms with Gasteiger partial charge in [0.15, 0.2) is 0 Å². The zero-order valence-corrected chi connectivity index (χ0v) is 14.1. The number of nitrogens with two attached hydrogens (primary N) is 1. The lowest BCUT2D eigenvalue weighted by molar-refractivity contribution is -0.0324. The first-order valence-electron chi connectivity index (χ1n) is 8.41. The summed E-state index contributed by atoms with van der Waals surface area (Å²) in [4.78, 5) is 14.1. The van der Waals surface area contributed by atoms with E-state index >= 15 is 0 Å². The van der Waals surface area contributed by atoms with Crippen LogP contribution >= 0.6 is 0 Å². The van der Waals surface area contributed by atoms with Crippen molar-refractivity contribution in [3.63, 3.8) is 0 Å². The van der Waals surface area contributed by atoms with Crippen molar-refractivity contribution < 1.29 is 14.3 Å². The molecule has 128 valence electrons. The standard InChI is InChI=1S/C16H31N3O3/c1-16(2,3)22-15(20)19-7-8-21-11-14(19)10-18-13-6-4-5-12(17)9-13/h12-14,18H,4-11,17H2,1-3H3. The van der Waals surface area contributed by atoms with E-state index in [-0.39, 0.29) is 12.1 Å². The third kappa shape index (κ3) is 5.41. The molecule has 2 rings (SSSR count). The number of hydrogen-bond acceptors (Lipinski definition) is 5. The van der Waals surface area contributed by atoms with E-state index < -0.39 is 5.60 Å². The van der Waals surface area contributed by atoms with E-state index in [0.29, 0.717) is 31.8 Å². The van der Waals surface area contributed by atoms with Gasteiger partial charge in [-0.3, -0.25) is 4.90 Å². The number of carbonyl (C=O) groups excluding carboxylic acids is 1. The molecule has 1 amide bonds. The highest BCUT2D eigenvalue weighted by atomic mass is 16.6. The highest BCUT2D eigenvalue weighted by Gasteiger charge is 2.31. The van der Waals surface area contributed by atoms with E-state index in [2.05, 4.69) is 5.32 Å². The summed E-state index contributed by atoms with van der Waals surface area (Å²) in [5.74, 6) is 0. The summed E-state index contributed by atoms with van der Waals surface area (Å²) in [5, 5.41) is 3.56. The molecule has 6 heteroatoms. The predicted molar refractivity (Wildman–Crippen MR) is 85.8 cm³/mol. The van der Waals surface area contributed by atoms with Crippen LogP contribution in [0.25, 0.3) is 0 Å². The monoisotopic (exact) mass is 313 g/mol. The molecule has 22 heavy (non-hydrogen) atoms. The molecule has 3 N–H and O–H groups in total. The summed E-state index contributed by atoms with van der Waals surface area (Å²) in [6.45, 7) is 8.13. The fourth-order valence-electron chi connectivity index (χ4n) is 3.10. The fourth-order valence-corrected chi connectivity index (χ4v) is 3.10. The van der Waals surface area contributed by atoms with Crippen LogP contribution in [0.4, 0.5) is 4.79 Å². The molecule has 0 radical (unpaired) electrons.